The second-order valence-corrected chi connectivity index (χ2v) is 6.49. The minimum absolute atomic E-state index is 0.272. The number of carbonyl (C=O) groups excluding carboxylic acids is 1. The van der Waals surface area contributed by atoms with Gasteiger partial charge >= 0.3 is 0 Å². The summed E-state index contributed by atoms with van der Waals surface area (Å²) in [5.41, 5.74) is 3.60. The van der Waals surface area contributed by atoms with Gasteiger partial charge in [0.1, 0.15) is 0 Å². The number of carbonyl (C=O) groups is 1. The van der Waals surface area contributed by atoms with Gasteiger partial charge in [-0.2, -0.15) is 0 Å². The third-order valence-corrected chi connectivity index (χ3v) is 4.81. The minimum atomic E-state index is -0.272. The average molecular weight is 365 g/mol. The molecule has 0 radical (unpaired) electrons. The zero-order valence-corrected chi connectivity index (χ0v) is 14.8. The van der Waals surface area contributed by atoms with Crippen molar-refractivity contribution in [1.29, 1.82) is 0 Å². The van der Waals surface area contributed by atoms with Crippen LogP contribution in [0.5, 0.6) is 0 Å². The second-order valence-electron chi connectivity index (χ2n) is 6.08. The summed E-state index contributed by atoms with van der Waals surface area (Å²) in [6, 6.07) is 19.2. The number of hydrogen-bond donors (Lipinski definition) is 1. The van der Waals surface area contributed by atoms with Crippen LogP contribution in [-0.4, -0.2) is 22.6 Å². The highest BCUT2D eigenvalue weighted by molar-refractivity contribution is 6.31. The van der Waals surface area contributed by atoms with Gasteiger partial charge < -0.3 is 10.2 Å². The van der Waals surface area contributed by atoms with Crippen LogP contribution in [0.1, 0.15) is 21.6 Å². The van der Waals surface area contributed by atoms with Crippen molar-refractivity contribution in [3.63, 3.8) is 0 Å². The molecular weight excluding hydrogens is 348 g/mol. The average Bonchev–Trinajstić information content (AvgIpc) is 3.11. The molecule has 0 atom stereocenters. The number of amides is 1. The van der Waals surface area contributed by atoms with Crippen molar-refractivity contribution in [2.45, 2.75) is 13.0 Å². The van der Waals surface area contributed by atoms with Crippen molar-refractivity contribution in [3.05, 3.63) is 82.5 Å². The molecule has 1 aliphatic rings. The van der Waals surface area contributed by atoms with Crippen LogP contribution in [0.25, 0.3) is 0 Å². The van der Waals surface area contributed by atoms with E-state index >= 15 is 0 Å². The Hall–Kier alpha value is -2.92. The number of para-hydroxylation sites is 1. The summed E-state index contributed by atoms with van der Waals surface area (Å²) >= 11 is 6.10. The zero-order valence-electron chi connectivity index (χ0n) is 14.0. The molecule has 0 unspecified atom stereocenters. The first-order valence-corrected chi connectivity index (χ1v) is 8.81. The van der Waals surface area contributed by atoms with E-state index in [1.54, 1.807) is 12.1 Å². The zero-order chi connectivity index (χ0) is 17.9. The monoisotopic (exact) mass is 364 g/mol. The van der Waals surface area contributed by atoms with Gasteiger partial charge in [-0.3, -0.25) is 4.79 Å². The van der Waals surface area contributed by atoms with Crippen molar-refractivity contribution < 1.29 is 4.79 Å². The largest absolute Gasteiger partial charge is 0.347 e. The SMILES string of the molecule is O=C(NCc1ccccc1Cl)c1ccc(N2CCc3ccccc32)nn1. The summed E-state index contributed by atoms with van der Waals surface area (Å²) in [5, 5.41) is 11.8. The second kappa shape index (κ2) is 7.14. The van der Waals surface area contributed by atoms with Crippen LogP contribution < -0.4 is 10.2 Å². The Morgan fingerprint density at radius 2 is 1.85 bits per heavy atom. The maximum atomic E-state index is 12.3. The van der Waals surface area contributed by atoms with Gasteiger partial charge in [-0.05, 0) is 41.8 Å². The van der Waals surface area contributed by atoms with Gasteiger partial charge in [-0.25, -0.2) is 0 Å². The fourth-order valence-corrected chi connectivity index (χ4v) is 3.28. The third-order valence-electron chi connectivity index (χ3n) is 4.44. The molecule has 4 rings (SSSR count). The van der Waals surface area contributed by atoms with E-state index in [0.717, 1.165) is 30.0 Å². The van der Waals surface area contributed by atoms with Crippen LogP contribution in [-0.2, 0) is 13.0 Å². The number of nitrogens with zero attached hydrogens (tertiary/aromatic N) is 3. The number of fused-ring (bicyclic) bond motifs is 1. The Labute approximate surface area is 156 Å². The molecule has 0 spiro atoms. The molecule has 3 aromatic rings. The van der Waals surface area contributed by atoms with E-state index in [1.165, 1.54) is 5.56 Å². The van der Waals surface area contributed by atoms with Gasteiger partial charge in [0.05, 0.1) is 0 Å². The molecule has 1 aliphatic heterocycles. The normalized spacial score (nSPS) is 12.7. The molecule has 1 amide bonds. The lowest BCUT2D eigenvalue weighted by Crippen LogP contribution is -2.25. The van der Waals surface area contributed by atoms with E-state index in [4.69, 9.17) is 11.6 Å². The molecule has 2 heterocycles. The molecule has 0 saturated carbocycles. The Morgan fingerprint density at radius 1 is 1.04 bits per heavy atom. The van der Waals surface area contributed by atoms with E-state index in [2.05, 4.69) is 32.5 Å². The molecule has 0 bridgehead atoms. The van der Waals surface area contributed by atoms with Crippen LogP contribution >= 0.6 is 11.6 Å². The molecule has 2 aromatic carbocycles. The Kier molecular flexibility index (Phi) is 4.54. The maximum absolute atomic E-state index is 12.3. The lowest BCUT2D eigenvalue weighted by atomic mass is 10.2. The van der Waals surface area contributed by atoms with Crippen molar-refractivity contribution in [1.82, 2.24) is 15.5 Å². The van der Waals surface area contributed by atoms with Gasteiger partial charge in [-0.1, -0.05) is 48.0 Å². The van der Waals surface area contributed by atoms with Crippen molar-refractivity contribution >= 4 is 29.0 Å². The molecule has 5 nitrogen and oxygen atoms in total. The minimum Gasteiger partial charge on any atom is -0.347 e. The van der Waals surface area contributed by atoms with Crippen LogP contribution in [0.4, 0.5) is 11.5 Å². The number of benzene rings is 2. The van der Waals surface area contributed by atoms with E-state index in [9.17, 15) is 4.79 Å². The highest BCUT2D eigenvalue weighted by Gasteiger charge is 2.21. The fraction of sp³-hybridized carbons (Fsp3) is 0.150. The Morgan fingerprint density at radius 3 is 2.65 bits per heavy atom. The number of hydrogen-bond acceptors (Lipinski definition) is 4. The molecule has 1 N–H and O–H groups in total. The van der Waals surface area contributed by atoms with Gasteiger partial charge in [-0.15, -0.1) is 10.2 Å². The number of aromatic nitrogens is 2. The first-order chi connectivity index (χ1) is 12.7. The summed E-state index contributed by atoms with van der Waals surface area (Å²) in [7, 11) is 0. The highest BCUT2D eigenvalue weighted by atomic mass is 35.5. The summed E-state index contributed by atoms with van der Waals surface area (Å²) in [6.07, 6.45) is 0.984. The van der Waals surface area contributed by atoms with Crippen LogP contribution in [0, 0.1) is 0 Å². The lowest BCUT2D eigenvalue weighted by Gasteiger charge is -2.17. The van der Waals surface area contributed by atoms with E-state index in [0.29, 0.717) is 11.6 Å². The third kappa shape index (κ3) is 3.26. The fourth-order valence-electron chi connectivity index (χ4n) is 3.07. The van der Waals surface area contributed by atoms with Gasteiger partial charge in [0.25, 0.3) is 5.91 Å². The van der Waals surface area contributed by atoms with Gasteiger partial charge in [0.15, 0.2) is 11.5 Å². The lowest BCUT2D eigenvalue weighted by molar-refractivity contribution is 0.0945. The van der Waals surface area contributed by atoms with Gasteiger partial charge in [0.2, 0.25) is 0 Å². The molecule has 0 fully saturated rings. The standard InChI is InChI=1S/C20H17ClN4O/c21-16-7-3-1-6-15(16)13-22-20(26)17-9-10-19(24-23-17)25-12-11-14-5-2-4-8-18(14)25/h1-10H,11-13H2,(H,22,26). The Bertz CT molecular complexity index is 943. The summed E-state index contributed by atoms with van der Waals surface area (Å²) in [6.45, 7) is 1.22. The number of nitrogens with one attached hydrogen (secondary N) is 1. The quantitative estimate of drug-likeness (QED) is 0.766. The molecular formula is C20H17ClN4O. The predicted octanol–water partition coefficient (Wildman–Crippen LogP) is 3.75. The first-order valence-electron chi connectivity index (χ1n) is 8.43. The summed E-state index contributed by atoms with van der Waals surface area (Å²) in [5.74, 6) is 0.475. The molecule has 0 aliphatic carbocycles. The number of rotatable bonds is 4. The number of halogens is 1. The van der Waals surface area contributed by atoms with E-state index in [-0.39, 0.29) is 11.6 Å². The maximum Gasteiger partial charge on any atom is 0.272 e. The predicted molar refractivity (Wildman–Crippen MR) is 102 cm³/mol. The topological polar surface area (TPSA) is 58.1 Å². The van der Waals surface area contributed by atoms with Crippen molar-refractivity contribution in [2.75, 3.05) is 11.4 Å². The smallest absolute Gasteiger partial charge is 0.272 e. The van der Waals surface area contributed by atoms with Crippen molar-refractivity contribution in [2.24, 2.45) is 0 Å². The van der Waals surface area contributed by atoms with E-state index in [1.807, 2.05) is 36.4 Å². The summed E-state index contributed by atoms with van der Waals surface area (Å²) in [4.78, 5) is 14.4. The van der Waals surface area contributed by atoms with Crippen molar-refractivity contribution in [3.8, 4) is 0 Å². The van der Waals surface area contributed by atoms with Crippen LogP contribution in [0.3, 0.4) is 0 Å². The Balaban J connectivity index is 1.45. The van der Waals surface area contributed by atoms with Crippen LogP contribution in [0.15, 0.2) is 60.7 Å². The molecule has 1 aromatic heterocycles. The first kappa shape index (κ1) is 16.5. The molecule has 6 heteroatoms. The van der Waals surface area contributed by atoms with E-state index < -0.39 is 0 Å². The number of anilines is 2. The molecule has 26 heavy (non-hydrogen) atoms. The molecule has 130 valence electrons. The highest BCUT2D eigenvalue weighted by Crippen LogP contribution is 2.32. The summed E-state index contributed by atoms with van der Waals surface area (Å²) < 4.78 is 0. The van der Waals surface area contributed by atoms with Gasteiger partial charge in [0, 0.05) is 23.8 Å². The molecule has 0 saturated heterocycles. The van der Waals surface area contributed by atoms with Crippen LogP contribution in [0.2, 0.25) is 5.02 Å².